The monoisotopic (exact) mass is 333 g/mol. The molecule has 0 spiro atoms. The first-order valence-electron chi connectivity index (χ1n) is 7.96. The van der Waals surface area contributed by atoms with Crippen molar-refractivity contribution in [2.75, 3.05) is 24.6 Å². The molecule has 0 aromatic carbocycles. The van der Waals surface area contributed by atoms with Crippen LogP contribution in [-0.4, -0.2) is 41.1 Å². The van der Waals surface area contributed by atoms with E-state index in [-0.39, 0.29) is 30.6 Å². The quantitative estimate of drug-likeness (QED) is 0.844. The van der Waals surface area contributed by atoms with Gasteiger partial charge >= 0.3 is 0 Å². The molecule has 1 saturated carbocycles. The molecule has 1 aliphatic heterocycles. The van der Waals surface area contributed by atoms with Gasteiger partial charge in [-0.25, -0.2) is 13.8 Å². The van der Waals surface area contributed by atoms with E-state index in [1.54, 1.807) is 36.7 Å². The van der Waals surface area contributed by atoms with Crippen molar-refractivity contribution in [3.63, 3.8) is 0 Å². The highest BCUT2D eigenvalue weighted by atomic mass is 19.3. The van der Waals surface area contributed by atoms with Crippen LogP contribution in [0.5, 0.6) is 5.88 Å². The van der Waals surface area contributed by atoms with Crippen molar-refractivity contribution >= 4 is 11.6 Å². The number of rotatable bonds is 5. The Kier molecular flexibility index (Phi) is 3.51. The van der Waals surface area contributed by atoms with Crippen LogP contribution in [0.3, 0.4) is 0 Å². The summed E-state index contributed by atoms with van der Waals surface area (Å²) >= 11 is 0. The van der Waals surface area contributed by atoms with Crippen LogP contribution < -0.4 is 9.64 Å². The Bertz CT molecular complexity index is 749. The van der Waals surface area contributed by atoms with Gasteiger partial charge in [-0.1, -0.05) is 0 Å². The second kappa shape index (κ2) is 5.58. The third-order valence-electron chi connectivity index (χ3n) is 4.24. The average Bonchev–Trinajstić information content (AvgIpc) is 3.21. The summed E-state index contributed by atoms with van der Waals surface area (Å²) in [5.41, 5.74) is 0.749. The number of pyridine rings is 1. The highest BCUT2D eigenvalue weighted by molar-refractivity contribution is 5.94. The van der Waals surface area contributed by atoms with E-state index >= 15 is 0 Å². The van der Waals surface area contributed by atoms with E-state index in [1.807, 2.05) is 0 Å². The van der Waals surface area contributed by atoms with Crippen molar-refractivity contribution < 1.29 is 18.3 Å². The van der Waals surface area contributed by atoms with Crippen LogP contribution >= 0.6 is 0 Å². The zero-order chi connectivity index (χ0) is 16.7. The van der Waals surface area contributed by atoms with Crippen LogP contribution in [0.2, 0.25) is 0 Å². The van der Waals surface area contributed by atoms with E-state index < -0.39 is 5.92 Å². The van der Waals surface area contributed by atoms with Gasteiger partial charge in [0.05, 0.1) is 19.7 Å². The molecule has 0 N–H and O–H groups in total. The fourth-order valence-electron chi connectivity index (χ4n) is 2.67. The lowest BCUT2D eigenvalue weighted by Crippen LogP contribution is -2.56. The highest BCUT2D eigenvalue weighted by Gasteiger charge is 2.45. The zero-order valence-electron chi connectivity index (χ0n) is 13.0. The van der Waals surface area contributed by atoms with Crippen LogP contribution in [0.1, 0.15) is 23.3 Å². The smallest absolute Gasteiger partial charge is 0.282 e. The topological polar surface area (TPSA) is 47.4 Å². The van der Waals surface area contributed by atoms with Gasteiger partial charge in [-0.2, -0.15) is 0 Å². The number of hydrogen-bond donors (Lipinski definition) is 0. The number of nitrogens with zero attached hydrogens (tertiary/aromatic N) is 3. The fraction of sp³-hybridized carbons (Fsp3) is 0.412. The molecule has 0 unspecified atom stereocenters. The Labute approximate surface area is 137 Å². The molecule has 24 heavy (non-hydrogen) atoms. The van der Waals surface area contributed by atoms with E-state index in [9.17, 15) is 13.6 Å². The maximum absolute atomic E-state index is 13.2. The van der Waals surface area contributed by atoms with E-state index in [4.69, 9.17) is 4.74 Å². The number of ether oxygens (including phenoxy) is 1. The second-order valence-electron chi connectivity index (χ2n) is 6.38. The van der Waals surface area contributed by atoms with Gasteiger partial charge in [0, 0.05) is 12.4 Å². The fourth-order valence-corrected chi connectivity index (χ4v) is 2.67. The standard InChI is InChI=1S/C17H17F2N3O2/c18-17(19)10-22(11-17)14-6-5-13(16(23)21-7-1-2-8-21)20-15(14)24-9-12-3-4-12/h1-2,5-8,12H,3-4,9-11H2. The van der Waals surface area contributed by atoms with Crippen molar-refractivity contribution in [1.82, 2.24) is 9.55 Å². The zero-order valence-corrected chi connectivity index (χ0v) is 13.0. The van der Waals surface area contributed by atoms with Gasteiger partial charge in [0.1, 0.15) is 11.4 Å². The lowest BCUT2D eigenvalue weighted by molar-refractivity contribution is -0.0265. The van der Waals surface area contributed by atoms with Gasteiger partial charge in [0.15, 0.2) is 0 Å². The molecule has 0 radical (unpaired) electrons. The third kappa shape index (κ3) is 2.98. The normalized spacial score (nSPS) is 19.0. The van der Waals surface area contributed by atoms with E-state index in [1.165, 1.54) is 9.47 Å². The van der Waals surface area contributed by atoms with E-state index in [0.29, 0.717) is 18.2 Å². The Morgan fingerprint density at radius 1 is 1.25 bits per heavy atom. The molecular weight excluding hydrogens is 316 g/mol. The maximum atomic E-state index is 13.2. The molecule has 0 amide bonds. The predicted molar refractivity (Wildman–Crippen MR) is 83.8 cm³/mol. The molecule has 2 aliphatic rings. The van der Waals surface area contributed by atoms with Crippen molar-refractivity contribution in [3.05, 3.63) is 42.4 Å². The van der Waals surface area contributed by atoms with Crippen LogP contribution in [-0.2, 0) is 0 Å². The minimum atomic E-state index is -2.67. The van der Waals surface area contributed by atoms with Crippen LogP contribution in [0, 0.1) is 5.92 Å². The summed E-state index contributed by atoms with van der Waals surface area (Å²) in [5, 5.41) is 0. The molecule has 1 saturated heterocycles. The summed E-state index contributed by atoms with van der Waals surface area (Å²) in [7, 11) is 0. The first-order chi connectivity index (χ1) is 11.5. The molecule has 3 heterocycles. The number of carbonyl (C=O) groups excluding carboxylic acids is 1. The minimum Gasteiger partial charge on any atom is -0.476 e. The molecule has 2 aromatic heterocycles. The molecule has 1 aliphatic carbocycles. The molecule has 4 rings (SSSR count). The minimum absolute atomic E-state index is 0.230. The van der Waals surface area contributed by atoms with Gasteiger partial charge in [-0.3, -0.25) is 9.36 Å². The molecule has 5 nitrogen and oxygen atoms in total. The molecular formula is C17H17F2N3O2. The third-order valence-corrected chi connectivity index (χ3v) is 4.24. The highest BCUT2D eigenvalue weighted by Crippen LogP contribution is 2.37. The van der Waals surface area contributed by atoms with Crippen molar-refractivity contribution in [2.45, 2.75) is 18.8 Å². The van der Waals surface area contributed by atoms with Gasteiger partial charge in [0.25, 0.3) is 11.8 Å². The number of anilines is 1. The first kappa shape index (κ1) is 15.1. The molecule has 2 aromatic rings. The lowest BCUT2D eigenvalue weighted by Gasteiger charge is -2.40. The van der Waals surface area contributed by atoms with Gasteiger partial charge < -0.3 is 9.64 Å². The summed E-state index contributed by atoms with van der Waals surface area (Å²) < 4.78 is 33.5. The second-order valence-corrected chi connectivity index (χ2v) is 6.38. The summed E-state index contributed by atoms with van der Waals surface area (Å²) in [6.07, 6.45) is 5.50. The van der Waals surface area contributed by atoms with Gasteiger partial charge in [-0.15, -0.1) is 0 Å². The van der Waals surface area contributed by atoms with Crippen molar-refractivity contribution in [2.24, 2.45) is 5.92 Å². The number of hydrogen-bond acceptors (Lipinski definition) is 4. The Hall–Kier alpha value is -2.44. The SMILES string of the molecule is O=C(c1ccc(N2CC(F)(F)C2)c(OCC2CC2)n1)n1cccc1. The Morgan fingerprint density at radius 2 is 1.96 bits per heavy atom. The largest absolute Gasteiger partial charge is 0.476 e. The van der Waals surface area contributed by atoms with Gasteiger partial charge in [0.2, 0.25) is 5.88 Å². The van der Waals surface area contributed by atoms with E-state index in [2.05, 4.69) is 4.98 Å². The molecule has 2 fully saturated rings. The number of halogens is 2. The lowest BCUT2D eigenvalue weighted by atomic mass is 10.1. The summed E-state index contributed by atoms with van der Waals surface area (Å²) in [4.78, 5) is 18.2. The summed E-state index contributed by atoms with van der Waals surface area (Å²) in [6.45, 7) is -0.190. The van der Waals surface area contributed by atoms with Crippen molar-refractivity contribution in [3.8, 4) is 5.88 Å². The Morgan fingerprint density at radius 3 is 2.58 bits per heavy atom. The van der Waals surface area contributed by atoms with E-state index in [0.717, 1.165) is 12.8 Å². The van der Waals surface area contributed by atoms with Gasteiger partial charge in [-0.05, 0) is 43.0 Å². The van der Waals surface area contributed by atoms with Crippen LogP contribution in [0.15, 0.2) is 36.7 Å². The summed E-state index contributed by atoms with van der Waals surface area (Å²) in [5.74, 6) is -2.19. The maximum Gasteiger partial charge on any atom is 0.282 e. The molecule has 7 heteroatoms. The average molecular weight is 333 g/mol. The molecule has 126 valence electrons. The number of carbonyl (C=O) groups is 1. The molecule has 0 bridgehead atoms. The predicted octanol–water partition coefficient (Wildman–Crippen LogP) is 2.82. The van der Waals surface area contributed by atoms with Crippen LogP contribution in [0.25, 0.3) is 0 Å². The number of aromatic nitrogens is 2. The number of alkyl halides is 2. The first-order valence-corrected chi connectivity index (χ1v) is 7.96. The summed E-state index contributed by atoms with van der Waals surface area (Å²) in [6, 6.07) is 6.69. The van der Waals surface area contributed by atoms with Crippen LogP contribution in [0.4, 0.5) is 14.5 Å². The molecule has 0 atom stereocenters. The van der Waals surface area contributed by atoms with Crippen molar-refractivity contribution in [1.29, 1.82) is 0 Å². The Balaban J connectivity index is 1.60.